The molecule has 2 N–H and O–H groups in total. The first-order valence-electron chi connectivity index (χ1n) is 12.4. The molecule has 5 aromatic rings. The van der Waals surface area contributed by atoms with Crippen LogP contribution < -0.4 is 5.32 Å². The van der Waals surface area contributed by atoms with E-state index >= 15 is 0 Å². The predicted octanol–water partition coefficient (Wildman–Crippen LogP) is 7.81. The fraction of sp³-hybridized carbons (Fsp3) is 0.156. The third kappa shape index (κ3) is 5.07. The number of carbonyl (C=O) groups excluding carboxylic acids is 1. The molecule has 1 amide bonds. The highest BCUT2D eigenvalue weighted by Crippen LogP contribution is 2.35. The van der Waals surface area contributed by atoms with E-state index in [1.165, 1.54) is 5.56 Å². The van der Waals surface area contributed by atoms with E-state index in [0.29, 0.717) is 11.4 Å². The second-order valence-electron chi connectivity index (χ2n) is 9.07. The first-order chi connectivity index (χ1) is 17.6. The van der Waals surface area contributed by atoms with Crippen LogP contribution in [-0.2, 0) is 11.2 Å². The third-order valence-corrected chi connectivity index (χ3v) is 7.08. The van der Waals surface area contributed by atoms with Crippen LogP contribution in [0.15, 0.2) is 109 Å². The molecule has 4 heteroatoms. The number of benzene rings is 4. The lowest BCUT2D eigenvalue weighted by molar-refractivity contribution is -0.121. The highest BCUT2D eigenvalue weighted by molar-refractivity contribution is 6.30. The molecule has 1 atom stereocenters. The molecule has 0 saturated heterocycles. The van der Waals surface area contributed by atoms with Crippen LogP contribution >= 0.6 is 11.6 Å². The molecule has 0 saturated carbocycles. The van der Waals surface area contributed by atoms with Gasteiger partial charge in [-0.15, -0.1) is 0 Å². The van der Waals surface area contributed by atoms with Gasteiger partial charge in [-0.3, -0.25) is 4.79 Å². The van der Waals surface area contributed by atoms with E-state index in [1.807, 2.05) is 60.7 Å². The smallest absolute Gasteiger partial charge is 0.221 e. The van der Waals surface area contributed by atoms with Gasteiger partial charge in [0.15, 0.2) is 0 Å². The molecule has 4 aromatic carbocycles. The zero-order valence-electron chi connectivity index (χ0n) is 20.2. The van der Waals surface area contributed by atoms with Crippen LogP contribution in [0.5, 0.6) is 0 Å². The van der Waals surface area contributed by atoms with Crippen LogP contribution in [0.3, 0.4) is 0 Å². The van der Waals surface area contributed by atoms with Gasteiger partial charge in [-0.25, -0.2) is 0 Å². The molecule has 0 bridgehead atoms. The van der Waals surface area contributed by atoms with Crippen LogP contribution in [-0.4, -0.2) is 10.9 Å². The van der Waals surface area contributed by atoms with Crippen molar-refractivity contribution in [2.45, 2.75) is 31.7 Å². The summed E-state index contributed by atoms with van der Waals surface area (Å²) in [5.74, 6) is -0.121. The Hall–Kier alpha value is -3.82. The maximum atomic E-state index is 13.7. The average Bonchev–Trinajstić information content (AvgIpc) is 3.36. The van der Waals surface area contributed by atoms with Gasteiger partial charge in [-0.1, -0.05) is 110 Å². The molecule has 0 fully saturated rings. The largest absolute Gasteiger partial charge is 0.361 e. The maximum Gasteiger partial charge on any atom is 0.221 e. The second kappa shape index (κ2) is 10.8. The van der Waals surface area contributed by atoms with Crippen LogP contribution in [0.25, 0.3) is 10.9 Å². The van der Waals surface area contributed by atoms with Gasteiger partial charge >= 0.3 is 0 Å². The number of amides is 1. The number of H-pyrrole nitrogens is 1. The number of para-hydroxylation sites is 1. The fourth-order valence-electron chi connectivity index (χ4n) is 4.98. The summed E-state index contributed by atoms with van der Waals surface area (Å²) in [4.78, 5) is 17.1. The van der Waals surface area contributed by atoms with Crippen molar-refractivity contribution in [3.8, 4) is 0 Å². The molecule has 0 aliphatic carbocycles. The molecule has 1 aromatic heterocycles. The summed E-state index contributed by atoms with van der Waals surface area (Å²) >= 11 is 6.20. The summed E-state index contributed by atoms with van der Waals surface area (Å²) in [6.45, 7) is 2.16. The maximum absolute atomic E-state index is 13.7. The van der Waals surface area contributed by atoms with Gasteiger partial charge in [0.25, 0.3) is 0 Å². The summed E-state index contributed by atoms with van der Waals surface area (Å²) in [5, 5.41) is 5.16. The molecule has 0 radical (unpaired) electrons. The van der Waals surface area contributed by atoms with Crippen molar-refractivity contribution < 1.29 is 4.79 Å². The Morgan fingerprint density at radius 2 is 1.44 bits per heavy atom. The van der Waals surface area contributed by atoms with Crippen LogP contribution in [0, 0.1) is 0 Å². The number of hydrogen-bond donors (Lipinski definition) is 2. The van der Waals surface area contributed by atoms with Crippen molar-refractivity contribution in [1.29, 1.82) is 0 Å². The molecule has 0 aliphatic heterocycles. The Kier molecular flexibility index (Phi) is 7.20. The number of halogens is 1. The van der Waals surface area contributed by atoms with E-state index in [2.05, 4.69) is 65.9 Å². The summed E-state index contributed by atoms with van der Waals surface area (Å²) in [7, 11) is 0. The van der Waals surface area contributed by atoms with Gasteiger partial charge in [-0.05, 0) is 46.4 Å². The van der Waals surface area contributed by atoms with Gasteiger partial charge in [0.2, 0.25) is 5.91 Å². The lowest BCUT2D eigenvalue weighted by Gasteiger charge is -2.23. The lowest BCUT2D eigenvalue weighted by atomic mass is 9.87. The van der Waals surface area contributed by atoms with Crippen molar-refractivity contribution in [3.63, 3.8) is 0 Å². The standard InChI is InChI=1S/C32H29ClN2O/c1-2-22-14-9-15-27-29(21-34-32(22)27)28(23-16-18-26(33)19-17-23)20-30(36)35-31(24-10-5-3-6-11-24)25-12-7-4-8-13-25/h3-19,21,28,31,34H,2,20H2,1H3,(H,35,36). The minimum atomic E-state index is -0.222. The van der Waals surface area contributed by atoms with E-state index < -0.39 is 0 Å². The number of fused-ring (bicyclic) bond motifs is 1. The van der Waals surface area contributed by atoms with Crippen molar-refractivity contribution >= 4 is 28.4 Å². The van der Waals surface area contributed by atoms with Crippen LogP contribution in [0.2, 0.25) is 5.02 Å². The van der Waals surface area contributed by atoms with Gasteiger partial charge in [0, 0.05) is 34.5 Å². The van der Waals surface area contributed by atoms with Gasteiger partial charge in [0.1, 0.15) is 0 Å². The van der Waals surface area contributed by atoms with E-state index in [0.717, 1.165) is 39.6 Å². The van der Waals surface area contributed by atoms with Gasteiger partial charge in [0.05, 0.1) is 6.04 Å². The van der Waals surface area contributed by atoms with E-state index in [-0.39, 0.29) is 17.9 Å². The minimum Gasteiger partial charge on any atom is -0.361 e. The topological polar surface area (TPSA) is 44.9 Å². The van der Waals surface area contributed by atoms with Crippen molar-refractivity contribution in [2.75, 3.05) is 0 Å². The number of hydrogen-bond acceptors (Lipinski definition) is 1. The minimum absolute atomic E-state index is 0.00588. The number of aromatic nitrogens is 1. The summed E-state index contributed by atoms with van der Waals surface area (Å²) in [6, 6.07) is 34.2. The molecule has 1 unspecified atom stereocenters. The molecule has 5 rings (SSSR count). The third-order valence-electron chi connectivity index (χ3n) is 6.82. The van der Waals surface area contributed by atoms with Crippen molar-refractivity contribution in [3.05, 3.63) is 142 Å². The Morgan fingerprint density at radius 3 is 2.06 bits per heavy atom. The number of rotatable bonds is 8. The summed E-state index contributed by atoms with van der Waals surface area (Å²) in [6.07, 6.45) is 3.32. The molecule has 1 heterocycles. The number of nitrogens with one attached hydrogen (secondary N) is 2. The van der Waals surface area contributed by atoms with Gasteiger partial charge < -0.3 is 10.3 Å². The average molecular weight is 493 g/mol. The molecular formula is C32H29ClN2O. The molecule has 3 nitrogen and oxygen atoms in total. The zero-order chi connectivity index (χ0) is 24.9. The quantitative estimate of drug-likeness (QED) is 0.228. The Bertz CT molecular complexity index is 1400. The highest BCUT2D eigenvalue weighted by Gasteiger charge is 2.24. The summed E-state index contributed by atoms with van der Waals surface area (Å²) < 4.78 is 0. The Morgan fingerprint density at radius 1 is 0.806 bits per heavy atom. The van der Waals surface area contributed by atoms with Crippen LogP contribution in [0.1, 0.15) is 53.1 Å². The number of carbonyl (C=O) groups is 1. The predicted molar refractivity (Wildman–Crippen MR) is 148 cm³/mol. The van der Waals surface area contributed by atoms with Crippen molar-refractivity contribution in [2.24, 2.45) is 0 Å². The molecular weight excluding hydrogens is 464 g/mol. The SMILES string of the molecule is CCc1cccc2c(C(CC(=O)NC(c3ccccc3)c3ccccc3)c3ccc(Cl)cc3)c[nH]c12. The summed E-state index contributed by atoms with van der Waals surface area (Å²) in [5.41, 5.74) is 6.70. The van der Waals surface area contributed by atoms with Gasteiger partial charge in [-0.2, -0.15) is 0 Å². The first-order valence-corrected chi connectivity index (χ1v) is 12.8. The zero-order valence-corrected chi connectivity index (χ0v) is 21.0. The van der Waals surface area contributed by atoms with Crippen molar-refractivity contribution in [1.82, 2.24) is 10.3 Å². The normalized spacial score (nSPS) is 12.1. The first kappa shape index (κ1) is 23.9. The van der Waals surface area contributed by atoms with E-state index in [9.17, 15) is 4.79 Å². The molecule has 180 valence electrons. The lowest BCUT2D eigenvalue weighted by Crippen LogP contribution is -2.30. The molecule has 36 heavy (non-hydrogen) atoms. The Balaban J connectivity index is 1.50. The molecule has 0 aliphatic rings. The fourth-order valence-corrected chi connectivity index (χ4v) is 5.11. The second-order valence-corrected chi connectivity index (χ2v) is 9.50. The van der Waals surface area contributed by atoms with E-state index in [1.54, 1.807) is 0 Å². The Labute approximate surface area is 217 Å². The number of aromatic amines is 1. The monoisotopic (exact) mass is 492 g/mol. The number of aryl methyl sites for hydroxylation is 1. The highest BCUT2D eigenvalue weighted by atomic mass is 35.5. The molecule has 0 spiro atoms. The van der Waals surface area contributed by atoms with E-state index in [4.69, 9.17) is 11.6 Å². The van der Waals surface area contributed by atoms with Crippen LogP contribution in [0.4, 0.5) is 0 Å².